The van der Waals surface area contributed by atoms with E-state index in [2.05, 4.69) is 36.5 Å². The number of carbonyl (C=O) groups excluding carboxylic acids is 2. The second kappa shape index (κ2) is 8.14. The number of amides is 1. The first kappa shape index (κ1) is 19.3. The number of hydrogen-bond acceptors (Lipinski definition) is 7. The van der Waals surface area contributed by atoms with Gasteiger partial charge >= 0.3 is 5.97 Å². The van der Waals surface area contributed by atoms with Crippen molar-refractivity contribution in [1.29, 1.82) is 0 Å². The van der Waals surface area contributed by atoms with Crippen molar-refractivity contribution in [2.24, 2.45) is 0 Å². The molecule has 1 amide bonds. The molecule has 2 atom stereocenters. The topological polar surface area (TPSA) is 106 Å². The predicted molar refractivity (Wildman–Crippen MR) is 111 cm³/mol. The van der Waals surface area contributed by atoms with Crippen LogP contribution in [0.25, 0.3) is 10.9 Å². The number of hydrogen-bond donors (Lipinski definition) is 2. The van der Waals surface area contributed by atoms with Gasteiger partial charge in [0.2, 0.25) is 0 Å². The number of fused-ring (bicyclic) bond motifs is 1. The van der Waals surface area contributed by atoms with E-state index in [1.54, 1.807) is 25.1 Å². The Hall–Kier alpha value is -3.04. The molecule has 0 radical (unpaired) electrons. The first-order valence-electron chi connectivity index (χ1n) is 8.95. The van der Waals surface area contributed by atoms with Gasteiger partial charge in [0.1, 0.15) is 12.1 Å². The molecule has 2 N–H and O–H groups in total. The van der Waals surface area contributed by atoms with Crippen molar-refractivity contribution in [2.75, 3.05) is 17.2 Å². The quantitative estimate of drug-likeness (QED) is 0.432. The Bertz CT molecular complexity index is 1090. The molecule has 0 bridgehead atoms. The van der Waals surface area contributed by atoms with Crippen LogP contribution in [-0.2, 0) is 19.1 Å². The summed E-state index contributed by atoms with van der Waals surface area (Å²) in [5, 5.41) is 6.76. The molecule has 2 heterocycles. The number of nitrogens with one attached hydrogen (secondary N) is 2. The van der Waals surface area contributed by atoms with Crippen LogP contribution >= 0.6 is 15.9 Å². The first-order chi connectivity index (χ1) is 14.0. The largest absolute Gasteiger partial charge is 0.464 e. The van der Waals surface area contributed by atoms with Gasteiger partial charge < -0.3 is 20.1 Å². The Kier molecular flexibility index (Phi) is 5.41. The van der Waals surface area contributed by atoms with E-state index in [0.717, 1.165) is 21.1 Å². The van der Waals surface area contributed by atoms with E-state index in [1.165, 1.54) is 6.33 Å². The average Bonchev–Trinajstić information content (AvgIpc) is 3.50. The van der Waals surface area contributed by atoms with E-state index in [9.17, 15) is 9.59 Å². The molecule has 2 aromatic carbocycles. The van der Waals surface area contributed by atoms with Crippen LogP contribution in [0, 0.1) is 0 Å². The maximum absolute atomic E-state index is 12.3. The lowest BCUT2D eigenvalue weighted by molar-refractivity contribution is -0.144. The molecule has 0 aliphatic carbocycles. The van der Waals surface area contributed by atoms with Crippen molar-refractivity contribution in [3.8, 4) is 0 Å². The van der Waals surface area contributed by atoms with E-state index in [-0.39, 0.29) is 6.61 Å². The van der Waals surface area contributed by atoms with Gasteiger partial charge in [-0.1, -0.05) is 22.0 Å². The van der Waals surface area contributed by atoms with Crippen molar-refractivity contribution in [2.45, 2.75) is 19.1 Å². The third kappa shape index (κ3) is 4.36. The fourth-order valence-corrected chi connectivity index (χ4v) is 3.26. The number of benzene rings is 2. The molecule has 1 aliphatic heterocycles. The molecule has 1 aromatic heterocycles. The second-order valence-electron chi connectivity index (χ2n) is 6.31. The van der Waals surface area contributed by atoms with Gasteiger partial charge in [-0.25, -0.2) is 14.8 Å². The maximum atomic E-state index is 12.3. The number of esters is 1. The first-order valence-corrected chi connectivity index (χ1v) is 9.75. The van der Waals surface area contributed by atoms with Gasteiger partial charge in [-0.3, -0.25) is 4.79 Å². The summed E-state index contributed by atoms with van der Waals surface area (Å²) < 4.78 is 10.9. The second-order valence-corrected chi connectivity index (χ2v) is 7.22. The van der Waals surface area contributed by atoms with Gasteiger partial charge in [0.05, 0.1) is 12.1 Å². The van der Waals surface area contributed by atoms with Gasteiger partial charge in [0, 0.05) is 21.2 Å². The zero-order valence-electron chi connectivity index (χ0n) is 15.4. The highest BCUT2D eigenvalue weighted by atomic mass is 79.9. The fourth-order valence-electron chi connectivity index (χ4n) is 2.87. The van der Waals surface area contributed by atoms with Crippen LogP contribution in [0.4, 0.5) is 17.2 Å². The molecule has 1 saturated heterocycles. The van der Waals surface area contributed by atoms with E-state index in [1.807, 2.05) is 24.3 Å². The summed E-state index contributed by atoms with van der Waals surface area (Å²) in [6.07, 6.45) is -0.202. The van der Waals surface area contributed by atoms with Crippen LogP contribution in [-0.4, -0.2) is 40.7 Å². The summed E-state index contributed by atoms with van der Waals surface area (Å²) in [6, 6.07) is 13.0. The van der Waals surface area contributed by atoms with E-state index >= 15 is 0 Å². The zero-order valence-corrected chi connectivity index (χ0v) is 17.0. The third-order valence-corrected chi connectivity index (χ3v) is 4.75. The Morgan fingerprint density at radius 1 is 1.14 bits per heavy atom. The molecule has 0 unspecified atom stereocenters. The minimum absolute atomic E-state index is 0.242. The lowest BCUT2D eigenvalue weighted by atomic mass is 10.2. The molecule has 3 aromatic rings. The predicted octanol–water partition coefficient (Wildman–Crippen LogP) is 3.40. The minimum atomic E-state index is -0.840. The van der Waals surface area contributed by atoms with Crippen molar-refractivity contribution >= 4 is 55.9 Å². The molecule has 148 valence electrons. The number of aromatic nitrogens is 2. The lowest BCUT2D eigenvalue weighted by Crippen LogP contribution is -2.23. The van der Waals surface area contributed by atoms with Crippen LogP contribution in [0.1, 0.15) is 6.92 Å². The van der Waals surface area contributed by atoms with Gasteiger partial charge in [0.15, 0.2) is 12.2 Å². The molecule has 8 nitrogen and oxygen atoms in total. The summed E-state index contributed by atoms with van der Waals surface area (Å²) >= 11 is 3.44. The molecule has 29 heavy (non-hydrogen) atoms. The number of rotatable bonds is 6. The van der Waals surface area contributed by atoms with E-state index in [4.69, 9.17) is 9.47 Å². The standard InChI is InChI=1S/C20H17BrN4O4/c1-2-28-20(27)17-16(29-17)19(26)25-13-6-7-15-14(9-13)18(23-10-22-15)24-12-5-3-4-11(21)8-12/h3-10,16-17H,2H2,1H3,(H,25,26)(H,22,23,24)/t16-,17-/m0/s1. The number of anilines is 3. The summed E-state index contributed by atoms with van der Waals surface area (Å²) in [7, 11) is 0. The van der Waals surface area contributed by atoms with Crippen LogP contribution in [0.2, 0.25) is 0 Å². The van der Waals surface area contributed by atoms with Crippen molar-refractivity contribution < 1.29 is 19.1 Å². The van der Waals surface area contributed by atoms with Crippen LogP contribution in [0.15, 0.2) is 53.3 Å². The van der Waals surface area contributed by atoms with E-state index in [0.29, 0.717) is 11.5 Å². The van der Waals surface area contributed by atoms with Crippen molar-refractivity contribution in [3.63, 3.8) is 0 Å². The molecule has 0 spiro atoms. The normalized spacial score (nSPS) is 17.6. The molecule has 1 fully saturated rings. The third-order valence-electron chi connectivity index (χ3n) is 4.26. The number of epoxide rings is 1. The summed E-state index contributed by atoms with van der Waals surface area (Å²) in [5.74, 6) is -0.322. The molecular formula is C20H17BrN4O4. The van der Waals surface area contributed by atoms with E-state index < -0.39 is 24.1 Å². The van der Waals surface area contributed by atoms with Gasteiger partial charge in [0.25, 0.3) is 5.91 Å². The molecule has 9 heteroatoms. The monoisotopic (exact) mass is 456 g/mol. The van der Waals surface area contributed by atoms with Gasteiger partial charge in [-0.05, 0) is 43.3 Å². The lowest BCUT2D eigenvalue weighted by Gasteiger charge is -2.10. The number of carbonyl (C=O) groups is 2. The molecule has 1 aliphatic rings. The average molecular weight is 457 g/mol. The van der Waals surface area contributed by atoms with Gasteiger partial charge in [-0.15, -0.1) is 0 Å². The summed E-state index contributed by atoms with van der Waals surface area (Å²) in [4.78, 5) is 32.6. The number of nitrogens with zero attached hydrogens (tertiary/aromatic N) is 2. The Morgan fingerprint density at radius 3 is 2.79 bits per heavy atom. The van der Waals surface area contributed by atoms with Crippen LogP contribution in [0.5, 0.6) is 0 Å². The SMILES string of the molecule is CCOC(=O)[C@H]1O[C@@H]1C(=O)Nc1ccc2ncnc(Nc3cccc(Br)c3)c2c1. The smallest absolute Gasteiger partial charge is 0.338 e. The summed E-state index contributed by atoms with van der Waals surface area (Å²) in [6.45, 7) is 1.94. The zero-order chi connectivity index (χ0) is 20.4. The van der Waals surface area contributed by atoms with Crippen molar-refractivity contribution in [1.82, 2.24) is 9.97 Å². The minimum Gasteiger partial charge on any atom is -0.464 e. The Morgan fingerprint density at radius 2 is 2.00 bits per heavy atom. The number of ether oxygens (including phenoxy) is 2. The highest BCUT2D eigenvalue weighted by Crippen LogP contribution is 2.29. The molecule has 0 saturated carbocycles. The molecular weight excluding hydrogens is 440 g/mol. The fraction of sp³-hybridized carbons (Fsp3) is 0.200. The summed E-state index contributed by atoms with van der Waals surface area (Å²) in [5.41, 5.74) is 2.13. The van der Waals surface area contributed by atoms with Gasteiger partial charge in [-0.2, -0.15) is 0 Å². The Labute approximate surface area is 174 Å². The maximum Gasteiger partial charge on any atom is 0.338 e. The van der Waals surface area contributed by atoms with Crippen molar-refractivity contribution in [3.05, 3.63) is 53.3 Å². The Balaban J connectivity index is 1.53. The molecule has 4 rings (SSSR count). The van der Waals surface area contributed by atoms with Crippen LogP contribution in [0.3, 0.4) is 0 Å². The highest BCUT2D eigenvalue weighted by molar-refractivity contribution is 9.10. The number of halogens is 1. The highest BCUT2D eigenvalue weighted by Gasteiger charge is 2.51. The van der Waals surface area contributed by atoms with Crippen LogP contribution < -0.4 is 10.6 Å².